The number of fused-ring (bicyclic) bond motifs is 1. The van der Waals surface area contributed by atoms with E-state index in [-0.39, 0.29) is 24.9 Å². The number of anilines is 1. The van der Waals surface area contributed by atoms with E-state index in [1.54, 1.807) is 30.3 Å². The van der Waals surface area contributed by atoms with Gasteiger partial charge in [-0.3, -0.25) is 14.9 Å². The smallest absolute Gasteiger partial charge is 0.264 e. The average Bonchev–Trinajstić information content (AvgIpc) is 3.06. The number of hydrogen-bond acceptors (Lipinski definition) is 6. The predicted molar refractivity (Wildman–Crippen MR) is 116 cm³/mol. The zero-order valence-corrected chi connectivity index (χ0v) is 17.4. The SMILES string of the molecule is Cc1nc(NC(=O)COc2cccc(/C=C3\COc4ccccc4C3=O)c2)sc1C. The number of Topliss-reactive ketones (excluding diaryl/α,β-unsaturated/α-hetero) is 1. The Labute approximate surface area is 178 Å². The molecule has 1 aliphatic rings. The van der Waals surface area contributed by atoms with Crippen LogP contribution in [-0.2, 0) is 4.79 Å². The summed E-state index contributed by atoms with van der Waals surface area (Å²) in [5, 5.41) is 3.30. The molecule has 2 aromatic carbocycles. The maximum atomic E-state index is 12.7. The molecule has 4 rings (SSSR count). The monoisotopic (exact) mass is 420 g/mol. The van der Waals surface area contributed by atoms with Gasteiger partial charge in [0, 0.05) is 10.5 Å². The van der Waals surface area contributed by atoms with Crippen LogP contribution in [0.25, 0.3) is 6.08 Å². The predicted octanol–water partition coefficient (Wildman–Crippen LogP) is 4.44. The van der Waals surface area contributed by atoms with Crippen molar-refractivity contribution in [3.8, 4) is 11.5 Å². The lowest BCUT2D eigenvalue weighted by atomic mass is 9.98. The molecule has 0 bridgehead atoms. The highest BCUT2D eigenvalue weighted by Crippen LogP contribution is 2.28. The number of aromatic nitrogens is 1. The lowest BCUT2D eigenvalue weighted by Crippen LogP contribution is -2.20. The number of ketones is 1. The fourth-order valence-electron chi connectivity index (χ4n) is 3.01. The van der Waals surface area contributed by atoms with Gasteiger partial charge in [-0.05, 0) is 49.8 Å². The van der Waals surface area contributed by atoms with Crippen molar-refractivity contribution in [1.29, 1.82) is 0 Å². The minimum Gasteiger partial charge on any atom is -0.488 e. The first kappa shape index (κ1) is 19.8. The quantitative estimate of drug-likeness (QED) is 0.618. The number of ether oxygens (including phenoxy) is 2. The van der Waals surface area contributed by atoms with E-state index in [2.05, 4.69) is 10.3 Å². The summed E-state index contributed by atoms with van der Waals surface area (Å²) in [6.45, 7) is 3.95. The summed E-state index contributed by atoms with van der Waals surface area (Å²) >= 11 is 1.43. The highest BCUT2D eigenvalue weighted by molar-refractivity contribution is 7.15. The maximum Gasteiger partial charge on any atom is 0.264 e. The van der Waals surface area contributed by atoms with Crippen LogP contribution in [0.2, 0.25) is 0 Å². The Bertz CT molecular complexity index is 1130. The van der Waals surface area contributed by atoms with Gasteiger partial charge in [-0.25, -0.2) is 4.98 Å². The number of carbonyl (C=O) groups excluding carboxylic acids is 2. The van der Waals surface area contributed by atoms with Gasteiger partial charge in [0.1, 0.15) is 18.1 Å². The van der Waals surface area contributed by atoms with E-state index in [0.717, 1.165) is 16.1 Å². The van der Waals surface area contributed by atoms with Gasteiger partial charge in [0.05, 0.1) is 11.3 Å². The molecule has 3 aromatic rings. The van der Waals surface area contributed by atoms with Crippen LogP contribution >= 0.6 is 11.3 Å². The van der Waals surface area contributed by atoms with E-state index >= 15 is 0 Å². The normalized spacial score (nSPS) is 14.2. The Kier molecular flexibility index (Phi) is 5.63. The Morgan fingerprint density at radius 3 is 2.87 bits per heavy atom. The Morgan fingerprint density at radius 1 is 1.23 bits per heavy atom. The molecule has 0 radical (unpaired) electrons. The first-order chi connectivity index (χ1) is 14.5. The van der Waals surface area contributed by atoms with Crippen molar-refractivity contribution in [2.75, 3.05) is 18.5 Å². The summed E-state index contributed by atoms with van der Waals surface area (Å²) in [6, 6.07) is 14.4. The first-order valence-electron chi connectivity index (χ1n) is 9.43. The van der Waals surface area contributed by atoms with Crippen LogP contribution in [0.3, 0.4) is 0 Å². The van der Waals surface area contributed by atoms with Crippen molar-refractivity contribution in [1.82, 2.24) is 4.98 Å². The average molecular weight is 420 g/mol. The molecular weight excluding hydrogens is 400 g/mol. The second-order valence-electron chi connectivity index (χ2n) is 6.85. The van der Waals surface area contributed by atoms with Gasteiger partial charge in [0.2, 0.25) is 0 Å². The van der Waals surface area contributed by atoms with Crippen molar-refractivity contribution >= 4 is 34.2 Å². The third-order valence-corrected chi connectivity index (χ3v) is 5.64. The maximum absolute atomic E-state index is 12.7. The van der Waals surface area contributed by atoms with Crippen LogP contribution in [0.5, 0.6) is 11.5 Å². The number of para-hydroxylation sites is 1. The Hall–Kier alpha value is -3.45. The number of nitrogens with one attached hydrogen (secondary N) is 1. The van der Waals surface area contributed by atoms with Gasteiger partial charge in [0.15, 0.2) is 17.5 Å². The topological polar surface area (TPSA) is 77.5 Å². The zero-order chi connectivity index (χ0) is 21.1. The van der Waals surface area contributed by atoms with Crippen molar-refractivity contribution in [2.24, 2.45) is 0 Å². The summed E-state index contributed by atoms with van der Waals surface area (Å²) in [5.74, 6) is 0.820. The molecule has 0 atom stereocenters. The fraction of sp³-hybridized carbons (Fsp3) is 0.174. The van der Waals surface area contributed by atoms with Gasteiger partial charge < -0.3 is 9.47 Å². The molecule has 1 N–H and O–H groups in total. The lowest BCUT2D eigenvalue weighted by Gasteiger charge is -2.18. The summed E-state index contributed by atoms with van der Waals surface area (Å²) in [7, 11) is 0. The minimum absolute atomic E-state index is 0.0448. The molecule has 0 aliphatic carbocycles. The van der Waals surface area contributed by atoms with E-state index in [1.165, 1.54) is 11.3 Å². The molecule has 152 valence electrons. The third-order valence-electron chi connectivity index (χ3n) is 4.65. The van der Waals surface area contributed by atoms with Crippen LogP contribution in [0.15, 0.2) is 54.1 Å². The van der Waals surface area contributed by atoms with E-state index in [4.69, 9.17) is 9.47 Å². The number of nitrogens with zero attached hydrogens (tertiary/aromatic N) is 1. The molecule has 0 fully saturated rings. The van der Waals surface area contributed by atoms with E-state index in [1.807, 2.05) is 38.1 Å². The zero-order valence-electron chi connectivity index (χ0n) is 16.6. The molecule has 1 amide bonds. The molecule has 0 saturated carbocycles. The summed E-state index contributed by atoms with van der Waals surface area (Å²) in [6.07, 6.45) is 1.78. The van der Waals surface area contributed by atoms with Crippen molar-refractivity contribution in [3.63, 3.8) is 0 Å². The van der Waals surface area contributed by atoms with Crippen molar-refractivity contribution < 1.29 is 19.1 Å². The molecule has 0 unspecified atom stereocenters. The number of aryl methyl sites for hydroxylation is 2. The Balaban J connectivity index is 1.41. The summed E-state index contributed by atoms with van der Waals surface area (Å²) in [4.78, 5) is 30.2. The van der Waals surface area contributed by atoms with Crippen molar-refractivity contribution in [2.45, 2.75) is 13.8 Å². The molecular formula is C23H20N2O4S. The molecule has 0 saturated heterocycles. The number of thiazole rings is 1. The summed E-state index contributed by atoms with van der Waals surface area (Å²) in [5.41, 5.74) is 2.83. The largest absolute Gasteiger partial charge is 0.488 e. The molecule has 1 aromatic heterocycles. The van der Waals surface area contributed by atoms with Gasteiger partial charge >= 0.3 is 0 Å². The molecule has 0 spiro atoms. The highest BCUT2D eigenvalue weighted by Gasteiger charge is 2.22. The second-order valence-corrected chi connectivity index (χ2v) is 8.06. The van der Waals surface area contributed by atoms with Crippen LogP contribution in [0.4, 0.5) is 5.13 Å². The van der Waals surface area contributed by atoms with Crippen molar-refractivity contribution in [3.05, 3.63) is 75.8 Å². The minimum atomic E-state index is -0.278. The van der Waals surface area contributed by atoms with Crippen LogP contribution in [0.1, 0.15) is 26.5 Å². The Morgan fingerprint density at radius 2 is 2.07 bits per heavy atom. The van der Waals surface area contributed by atoms with Gasteiger partial charge in [-0.15, -0.1) is 11.3 Å². The number of benzene rings is 2. The molecule has 30 heavy (non-hydrogen) atoms. The number of amides is 1. The summed E-state index contributed by atoms with van der Waals surface area (Å²) < 4.78 is 11.3. The first-order valence-corrected chi connectivity index (χ1v) is 10.2. The molecule has 1 aliphatic heterocycles. The standard InChI is InChI=1S/C23H20N2O4S/c1-14-15(2)30-23(24-14)25-21(26)13-28-18-7-5-6-16(11-18)10-17-12-29-20-9-4-3-8-19(20)22(17)27/h3-11H,12-13H2,1-2H3,(H,24,25,26)/b17-10+. The second kappa shape index (κ2) is 8.51. The van der Waals surface area contributed by atoms with Gasteiger partial charge in [-0.2, -0.15) is 0 Å². The third kappa shape index (κ3) is 4.41. The van der Waals surface area contributed by atoms with E-state index in [0.29, 0.717) is 27.8 Å². The van der Waals surface area contributed by atoms with Crippen LogP contribution in [0, 0.1) is 13.8 Å². The van der Waals surface area contributed by atoms with Gasteiger partial charge in [-0.1, -0.05) is 24.3 Å². The number of rotatable bonds is 5. The number of carbonyl (C=O) groups is 2. The van der Waals surface area contributed by atoms with E-state index < -0.39 is 0 Å². The van der Waals surface area contributed by atoms with Crippen LogP contribution < -0.4 is 14.8 Å². The molecule has 6 nitrogen and oxygen atoms in total. The fourth-order valence-corrected chi connectivity index (χ4v) is 3.84. The lowest BCUT2D eigenvalue weighted by molar-refractivity contribution is -0.118. The van der Waals surface area contributed by atoms with E-state index in [9.17, 15) is 9.59 Å². The van der Waals surface area contributed by atoms with Crippen LogP contribution in [-0.4, -0.2) is 29.9 Å². The number of hydrogen-bond donors (Lipinski definition) is 1. The van der Waals surface area contributed by atoms with Gasteiger partial charge in [0.25, 0.3) is 5.91 Å². The molecule has 2 heterocycles. The molecule has 7 heteroatoms. The highest BCUT2D eigenvalue weighted by atomic mass is 32.1.